The fourth-order valence-electron chi connectivity index (χ4n) is 3.69. The fourth-order valence-corrected chi connectivity index (χ4v) is 4.92. The van der Waals surface area contributed by atoms with Crippen molar-refractivity contribution in [2.24, 2.45) is 19.1 Å². The zero-order valence-electron chi connectivity index (χ0n) is 18.2. The molecule has 0 unspecified atom stereocenters. The summed E-state index contributed by atoms with van der Waals surface area (Å²) in [6, 6.07) is 13.3. The number of para-hydroxylation sites is 1. The van der Waals surface area contributed by atoms with Crippen molar-refractivity contribution >= 4 is 23.2 Å². The number of hydrogen-bond donors (Lipinski definition) is 1. The number of thioether (sulfide) groups is 1. The van der Waals surface area contributed by atoms with Crippen molar-refractivity contribution in [2.45, 2.75) is 16.6 Å². The SMILES string of the molecule is COc1ccc([C@@H]2CC(c3c(O)n(C)c(=O)n(C)c3=O)=Nc3ccccc3S2)cc1OC. The number of fused-ring (bicyclic) bond motifs is 1. The first-order valence-electron chi connectivity index (χ1n) is 9.90. The molecule has 2 heterocycles. The maximum absolute atomic E-state index is 13.0. The summed E-state index contributed by atoms with van der Waals surface area (Å²) in [6.07, 6.45) is 0.357. The van der Waals surface area contributed by atoms with E-state index in [1.807, 2.05) is 42.5 Å². The minimum Gasteiger partial charge on any atom is -0.494 e. The van der Waals surface area contributed by atoms with Gasteiger partial charge in [-0.25, -0.2) is 4.79 Å². The molecule has 1 N–H and O–H groups in total. The highest BCUT2D eigenvalue weighted by molar-refractivity contribution is 7.99. The van der Waals surface area contributed by atoms with Gasteiger partial charge in [0.1, 0.15) is 5.56 Å². The summed E-state index contributed by atoms with van der Waals surface area (Å²) in [5, 5.41) is 10.6. The molecule has 0 amide bonds. The Balaban J connectivity index is 1.91. The van der Waals surface area contributed by atoms with Gasteiger partial charge >= 0.3 is 5.69 Å². The zero-order valence-corrected chi connectivity index (χ0v) is 19.0. The number of ether oxygens (including phenoxy) is 2. The molecule has 0 fully saturated rings. The maximum Gasteiger partial charge on any atom is 0.333 e. The van der Waals surface area contributed by atoms with Gasteiger partial charge in [0.15, 0.2) is 11.5 Å². The van der Waals surface area contributed by atoms with Crippen LogP contribution in [0, 0.1) is 0 Å². The number of hydrogen-bond acceptors (Lipinski definition) is 7. The summed E-state index contributed by atoms with van der Waals surface area (Å²) in [5.74, 6) is 0.823. The lowest BCUT2D eigenvalue weighted by Gasteiger charge is -2.18. The van der Waals surface area contributed by atoms with E-state index in [0.29, 0.717) is 29.3 Å². The third-order valence-corrected chi connectivity index (χ3v) is 6.79. The van der Waals surface area contributed by atoms with E-state index >= 15 is 0 Å². The Morgan fingerprint density at radius 1 is 1.03 bits per heavy atom. The van der Waals surface area contributed by atoms with Gasteiger partial charge in [-0.2, -0.15) is 0 Å². The number of nitrogens with zero attached hydrogens (tertiary/aromatic N) is 3. The zero-order chi connectivity index (χ0) is 23.0. The summed E-state index contributed by atoms with van der Waals surface area (Å²) < 4.78 is 12.9. The van der Waals surface area contributed by atoms with Gasteiger partial charge in [-0.3, -0.25) is 18.9 Å². The molecule has 0 bridgehead atoms. The van der Waals surface area contributed by atoms with Crippen LogP contribution in [0.25, 0.3) is 0 Å². The van der Waals surface area contributed by atoms with E-state index in [9.17, 15) is 14.7 Å². The maximum atomic E-state index is 13.0. The molecule has 0 saturated heterocycles. The predicted octanol–water partition coefficient (Wildman–Crippen LogP) is 3.16. The van der Waals surface area contributed by atoms with Crippen LogP contribution in [0.3, 0.4) is 0 Å². The minimum absolute atomic E-state index is 0.0254. The van der Waals surface area contributed by atoms with Crippen molar-refractivity contribution in [1.29, 1.82) is 0 Å². The first-order chi connectivity index (χ1) is 15.3. The van der Waals surface area contributed by atoms with E-state index in [1.165, 1.54) is 14.1 Å². The average Bonchev–Trinajstić information content (AvgIpc) is 3.00. The number of benzene rings is 2. The van der Waals surface area contributed by atoms with Crippen molar-refractivity contribution in [3.63, 3.8) is 0 Å². The predicted molar refractivity (Wildman–Crippen MR) is 124 cm³/mol. The first-order valence-corrected chi connectivity index (χ1v) is 10.8. The smallest absolute Gasteiger partial charge is 0.333 e. The van der Waals surface area contributed by atoms with Gasteiger partial charge in [0.25, 0.3) is 5.56 Å². The van der Waals surface area contributed by atoms with Gasteiger partial charge in [0, 0.05) is 30.7 Å². The van der Waals surface area contributed by atoms with Crippen LogP contribution in [0.1, 0.15) is 22.8 Å². The molecular formula is C23H23N3O5S. The normalized spacial score (nSPS) is 15.5. The second-order valence-corrected chi connectivity index (χ2v) is 8.60. The topological polar surface area (TPSA) is 95.1 Å². The molecule has 0 radical (unpaired) electrons. The number of methoxy groups -OCH3 is 2. The van der Waals surface area contributed by atoms with Crippen LogP contribution >= 0.6 is 11.8 Å². The van der Waals surface area contributed by atoms with Crippen molar-refractivity contribution in [1.82, 2.24) is 9.13 Å². The summed E-state index contributed by atoms with van der Waals surface area (Å²) in [5.41, 5.74) is 0.911. The molecular weight excluding hydrogens is 430 g/mol. The Labute approximate surface area is 188 Å². The summed E-state index contributed by atoms with van der Waals surface area (Å²) in [6.45, 7) is 0. The molecule has 9 heteroatoms. The highest BCUT2D eigenvalue weighted by Gasteiger charge is 2.28. The Morgan fingerprint density at radius 3 is 2.47 bits per heavy atom. The molecule has 0 spiro atoms. The lowest BCUT2D eigenvalue weighted by atomic mass is 10.0. The quantitative estimate of drug-likeness (QED) is 0.652. The Morgan fingerprint density at radius 2 is 1.75 bits per heavy atom. The molecule has 0 saturated carbocycles. The summed E-state index contributed by atoms with van der Waals surface area (Å²) in [4.78, 5) is 30.9. The second kappa shape index (κ2) is 8.58. The summed E-state index contributed by atoms with van der Waals surface area (Å²) >= 11 is 1.62. The van der Waals surface area contributed by atoms with Crippen LogP contribution < -0.4 is 20.7 Å². The average molecular weight is 454 g/mol. The molecule has 32 heavy (non-hydrogen) atoms. The second-order valence-electron chi connectivity index (χ2n) is 7.36. The molecule has 2 aromatic carbocycles. The molecule has 166 valence electrons. The van der Waals surface area contributed by atoms with Crippen molar-refractivity contribution < 1.29 is 14.6 Å². The Hall–Kier alpha value is -3.46. The van der Waals surface area contributed by atoms with Gasteiger partial charge in [-0.1, -0.05) is 18.2 Å². The van der Waals surface area contributed by atoms with Crippen LogP contribution in [0.2, 0.25) is 0 Å². The van der Waals surface area contributed by atoms with Gasteiger partial charge in [0.2, 0.25) is 5.88 Å². The molecule has 1 atom stereocenters. The van der Waals surface area contributed by atoms with E-state index in [-0.39, 0.29) is 10.8 Å². The monoisotopic (exact) mass is 453 g/mol. The van der Waals surface area contributed by atoms with E-state index in [2.05, 4.69) is 0 Å². The van der Waals surface area contributed by atoms with Crippen molar-refractivity contribution in [2.75, 3.05) is 14.2 Å². The number of aromatic hydroxyl groups is 1. The van der Waals surface area contributed by atoms with Gasteiger partial charge in [0.05, 0.1) is 25.6 Å². The molecule has 3 aromatic rings. The Bertz CT molecular complexity index is 1340. The van der Waals surface area contributed by atoms with Gasteiger partial charge < -0.3 is 14.6 Å². The number of aromatic nitrogens is 2. The lowest BCUT2D eigenvalue weighted by Crippen LogP contribution is -2.40. The van der Waals surface area contributed by atoms with E-state index in [0.717, 1.165) is 19.6 Å². The fraction of sp³-hybridized carbons (Fsp3) is 0.261. The van der Waals surface area contributed by atoms with Crippen LogP contribution in [-0.2, 0) is 14.1 Å². The molecule has 0 aliphatic carbocycles. The molecule has 4 rings (SSSR count). The number of aliphatic imine (C=N–C) groups is 1. The third kappa shape index (κ3) is 3.69. The van der Waals surface area contributed by atoms with E-state index in [1.54, 1.807) is 26.0 Å². The van der Waals surface area contributed by atoms with Crippen molar-refractivity contribution in [3.8, 4) is 17.4 Å². The molecule has 1 aliphatic rings. The van der Waals surface area contributed by atoms with Crippen LogP contribution in [0.15, 0.2) is 61.9 Å². The molecule has 8 nitrogen and oxygen atoms in total. The number of rotatable bonds is 4. The van der Waals surface area contributed by atoms with Gasteiger partial charge in [-0.05, 0) is 29.8 Å². The Kier molecular flexibility index (Phi) is 5.84. The standard InChI is InChI=1S/C23H23N3O5S/c1-25-21(27)20(22(28)26(2)23(25)29)15-12-19(32-18-8-6-5-7-14(18)24-15)13-9-10-16(30-3)17(11-13)31-4/h5-11,19,27H,12H2,1-4H3/t19-/m0/s1. The summed E-state index contributed by atoms with van der Waals surface area (Å²) in [7, 11) is 5.97. The first kappa shape index (κ1) is 21.8. The van der Waals surface area contributed by atoms with E-state index in [4.69, 9.17) is 14.5 Å². The van der Waals surface area contributed by atoms with Crippen LogP contribution in [-0.4, -0.2) is 34.2 Å². The largest absolute Gasteiger partial charge is 0.494 e. The molecule has 1 aromatic heterocycles. The van der Waals surface area contributed by atoms with Crippen LogP contribution in [0.4, 0.5) is 5.69 Å². The van der Waals surface area contributed by atoms with Crippen LogP contribution in [0.5, 0.6) is 17.4 Å². The molecule has 1 aliphatic heterocycles. The third-order valence-electron chi connectivity index (χ3n) is 5.47. The van der Waals surface area contributed by atoms with Gasteiger partial charge in [-0.15, -0.1) is 11.8 Å². The van der Waals surface area contributed by atoms with E-state index < -0.39 is 17.1 Å². The van der Waals surface area contributed by atoms with Crippen molar-refractivity contribution in [3.05, 3.63) is 74.4 Å². The lowest BCUT2D eigenvalue weighted by molar-refractivity contribution is 0.354. The highest BCUT2D eigenvalue weighted by Crippen LogP contribution is 2.47. The minimum atomic E-state index is -0.600. The highest BCUT2D eigenvalue weighted by atomic mass is 32.2.